The third-order valence-electron chi connectivity index (χ3n) is 3.08. The van der Waals surface area contributed by atoms with E-state index in [1.165, 1.54) is 11.3 Å². The number of hydrogen-bond donors (Lipinski definition) is 3. The molecule has 0 aliphatic carbocycles. The number of hydrogen-bond acceptors (Lipinski definition) is 5. The molecule has 1 fully saturated rings. The summed E-state index contributed by atoms with van der Waals surface area (Å²) in [6.45, 7) is 5.95. The fraction of sp³-hybridized carbons (Fsp3) is 0.667. The Balaban J connectivity index is 1.87. The van der Waals surface area contributed by atoms with Gasteiger partial charge in [0.1, 0.15) is 5.69 Å². The van der Waals surface area contributed by atoms with Crippen LogP contribution in [0.1, 0.15) is 35.3 Å². The minimum atomic E-state index is -0.369. The highest BCUT2D eigenvalue weighted by molar-refractivity contribution is 7.09. The number of amides is 1. The Morgan fingerprint density at radius 2 is 2.44 bits per heavy atom. The molecular formula is C12H19N3O2S. The van der Waals surface area contributed by atoms with Crippen LogP contribution in [0.5, 0.6) is 0 Å². The van der Waals surface area contributed by atoms with Crippen LogP contribution >= 0.6 is 11.3 Å². The molecule has 1 saturated heterocycles. The highest BCUT2D eigenvalue weighted by Gasteiger charge is 2.25. The molecule has 0 saturated carbocycles. The summed E-state index contributed by atoms with van der Waals surface area (Å²) in [7, 11) is 0. The number of rotatable bonds is 4. The first-order valence-corrected chi connectivity index (χ1v) is 7.08. The van der Waals surface area contributed by atoms with E-state index >= 15 is 0 Å². The Labute approximate surface area is 111 Å². The maximum atomic E-state index is 11.9. The third kappa shape index (κ3) is 3.07. The van der Waals surface area contributed by atoms with E-state index in [2.05, 4.69) is 29.5 Å². The number of nitrogens with zero attached hydrogens (tertiary/aromatic N) is 1. The molecule has 1 aliphatic heterocycles. The molecule has 6 heteroatoms. The Morgan fingerprint density at radius 3 is 3.00 bits per heavy atom. The fourth-order valence-corrected chi connectivity index (χ4v) is 2.71. The number of nitrogens with one attached hydrogen (secondary N) is 2. The van der Waals surface area contributed by atoms with E-state index in [4.69, 9.17) is 0 Å². The molecule has 2 unspecified atom stereocenters. The van der Waals surface area contributed by atoms with Crippen molar-refractivity contribution in [2.24, 2.45) is 5.92 Å². The van der Waals surface area contributed by atoms with Gasteiger partial charge in [-0.05, 0) is 0 Å². The zero-order chi connectivity index (χ0) is 13.1. The molecule has 2 heterocycles. The summed E-state index contributed by atoms with van der Waals surface area (Å²) in [5, 5.41) is 18.3. The molecule has 2 atom stereocenters. The van der Waals surface area contributed by atoms with Crippen LogP contribution in [0.2, 0.25) is 0 Å². The van der Waals surface area contributed by atoms with Crippen LogP contribution in [0.3, 0.4) is 0 Å². The van der Waals surface area contributed by atoms with E-state index in [-0.39, 0.29) is 17.9 Å². The van der Waals surface area contributed by atoms with Gasteiger partial charge in [-0.1, -0.05) is 13.8 Å². The molecule has 1 aliphatic rings. The molecule has 0 bridgehead atoms. The summed E-state index contributed by atoms with van der Waals surface area (Å²) >= 11 is 1.51. The summed E-state index contributed by atoms with van der Waals surface area (Å²) < 4.78 is 0. The maximum Gasteiger partial charge on any atom is 0.270 e. The van der Waals surface area contributed by atoms with Crippen molar-refractivity contribution in [2.45, 2.75) is 25.9 Å². The smallest absolute Gasteiger partial charge is 0.270 e. The first-order chi connectivity index (χ1) is 8.58. The van der Waals surface area contributed by atoms with Gasteiger partial charge in [0.2, 0.25) is 0 Å². The highest BCUT2D eigenvalue weighted by atomic mass is 32.1. The minimum Gasteiger partial charge on any atom is -0.391 e. The Morgan fingerprint density at radius 1 is 1.67 bits per heavy atom. The molecule has 0 aromatic carbocycles. The van der Waals surface area contributed by atoms with E-state index in [0.29, 0.717) is 24.7 Å². The van der Waals surface area contributed by atoms with Gasteiger partial charge in [0.15, 0.2) is 0 Å². The van der Waals surface area contributed by atoms with Crippen molar-refractivity contribution in [3.05, 3.63) is 16.1 Å². The van der Waals surface area contributed by atoms with Gasteiger partial charge in [0, 0.05) is 36.9 Å². The van der Waals surface area contributed by atoms with Gasteiger partial charge < -0.3 is 15.7 Å². The summed E-state index contributed by atoms with van der Waals surface area (Å²) in [6.07, 6.45) is -0.369. The third-order valence-corrected chi connectivity index (χ3v) is 4.22. The largest absolute Gasteiger partial charge is 0.391 e. The molecule has 100 valence electrons. The topological polar surface area (TPSA) is 74.2 Å². The molecular weight excluding hydrogens is 250 g/mol. The molecule has 1 aromatic heterocycles. The second kappa shape index (κ2) is 5.77. The van der Waals surface area contributed by atoms with Crippen molar-refractivity contribution in [2.75, 3.05) is 19.6 Å². The maximum absolute atomic E-state index is 11.9. The second-order valence-electron chi connectivity index (χ2n) is 4.92. The molecule has 1 amide bonds. The van der Waals surface area contributed by atoms with Gasteiger partial charge in [0.05, 0.1) is 11.1 Å². The molecule has 5 nitrogen and oxygen atoms in total. The number of β-amino-alcohol motifs (C(OH)–C–C–N with tert-alkyl or cyclic N) is 1. The van der Waals surface area contributed by atoms with E-state index in [9.17, 15) is 9.90 Å². The van der Waals surface area contributed by atoms with Crippen molar-refractivity contribution >= 4 is 17.2 Å². The van der Waals surface area contributed by atoms with Crippen molar-refractivity contribution in [3.63, 3.8) is 0 Å². The average molecular weight is 269 g/mol. The van der Waals surface area contributed by atoms with Crippen molar-refractivity contribution in [3.8, 4) is 0 Å². The lowest BCUT2D eigenvalue weighted by Crippen LogP contribution is -2.34. The van der Waals surface area contributed by atoms with E-state index < -0.39 is 0 Å². The van der Waals surface area contributed by atoms with Crippen molar-refractivity contribution in [1.29, 1.82) is 0 Å². The van der Waals surface area contributed by atoms with E-state index in [1.54, 1.807) is 5.38 Å². The second-order valence-corrected chi connectivity index (χ2v) is 5.81. The van der Waals surface area contributed by atoms with Crippen LogP contribution < -0.4 is 10.6 Å². The summed E-state index contributed by atoms with van der Waals surface area (Å²) in [5.41, 5.74) is 0.476. The molecule has 18 heavy (non-hydrogen) atoms. The SMILES string of the molecule is CC(C)c1nc(C(=O)NCC2CNCC2O)cs1. The van der Waals surface area contributed by atoms with Crippen molar-refractivity contribution < 1.29 is 9.90 Å². The molecule has 3 N–H and O–H groups in total. The van der Waals surface area contributed by atoms with Gasteiger partial charge in [0.25, 0.3) is 5.91 Å². The first kappa shape index (κ1) is 13.5. The van der Waals surface area contributed by atoms with Crippen molar-refractivity contribution in [1.82, 2.24) is 15.6 Å². The lowest BCUT2D eigenvalue weighted by atomic mass is 10.1. The van der Waals surface area contributed by atoms with E-state index in [0.717, 1.165) is 11.6 Å². The van der Waals surface area contributed by atoms with Crippen LogP contribution in [-0.4, -0.2) is 41.7 Å². The first-order valence-electron chi connectivity index (χ1n) is 6.20. The van der Waals surface area contributed by atoms with Crippen LogP contribution in [-0.2, 0) is 0 Å². The number of aliphatic hydroxyl groups excluding tert-OH is 1. The zero-order valence-corrected chi connectivity index (χ0v) is 11.5. The fourth-order valence-electron chi connectivity index (χ4n) is 1.90. The lowest BCUT2D eigenvalue weighted by Gasteiger charge is -2.13. The highest BCUT2D eigenvalue weighted by Crippen LogP contribution is 2.19. The van der Waals surface area contributed by atoms with Crippen LogP contribution in [0, 0.1) is 5.92 Å². The summed E-state index contributed by atoms with van der Waals surface area (Å²) in [6, 6.07) is 0. The standard InChI is InChI=1S/C12H19N3O2S/c1-7(2)12-15-9(6-18-12)11(17)14-4-8-3-13-5-10(8)16/h6-8,10,13,16H,3-5H2,1-2H3,(H,14,17). The summed E-state index contributed by atoms with van der Waals surface area (Å²) in [4.78, 5) is 16.2. The van der Waals surface area contributed by atoms with Gasteiger partial charge in [-0.15, -0.1) is 11.3 Å². The van der Waals surface area contributed by atoms with E-state index in [1.807, 2.05) is 0 Å². The average Bonchev–Trinajstić information content (AvgIpc) is 2.94. The predicted molar refractivity (Wildman–Crippen MR) is 70.9 cm³/mol. The van der Waals surface area contributed by atoms with Crippen LogP contribution in [0.15, 0.2) is 5.38 Å². The zero-order valence-electron chi connectivity index (χ0n) is 10.6. The Kier molecular flexibility index (Phi) is 4.31. The number of carbonyl (C=O) groups excluding carboxylic acids is 1. The summed E-state index contributed by atoms with van der Waals surface area (Å²) in [5.74, 6) is 0.284. The van der Waals surface area contributed by atoms with Gasteiger partial charge in [-0.2, -0.15) is 0 Å². The Hall–Kier alpha value is -0.980. The number of thiazole rings is 1. The molecule has 2 rings (SSSR count). The van der Waals surface area contributed by atoms with Gasteiger partial charge in [-0.3, -0.25) is 4.79 Å². The number of aromatic nitrogens is 1. The molecule has 1 aromatic rings. The lowest BCUT2D eigenvalue weighted by molar-refractivity contribution is 0.0922. The number of aliphatic hydroxyl groups is 1. The predicted octanol–water partition coefficient (Wildman–Crippen LogP) is 0.577. The monoisotopic (exact) mass is 269 g/mol. The van der Waals surface area contributed by atoms with Crippen LogP contribution in [0.4, 0.5) is 0 Å². The van der Waals surface area contributed by atoms with Gasteiger partial charge >= 0.3 is 0 Å². The quantitative estimate of drug-likeness (QED) is 0.747. The van der Waals surface area contributed by atoms with Crippen LogP contribution in [0.25, 0.3) is 0 Å². The number of carbonyl (C=O) groups is 1. The molecule has 0 radical (unpaired) electrons. The minimum absolute atomic E-state index is 0.0946. The normalized spacial score (nSPS) is 23.6. The van der Waals surface area contributed by atoms with Gasteiger partial charge in [-0.25, -0.2) is 4.98 Å². The Bertz CT molecular complexity index is 419. The molecule has 0 spiro atoms.